The second-order valence-electron chi connectivity index (χ2n) is 3.31. The van der Waals surface area contributed by atoms with Crippen molar-refractivity contribution in [3.63, 3.8) is 0 Å². The molecule has 2 rings (SSSR count). The molecule has 0 aliphatic carbocycles. The van der Waals surface area contributed by atoms with Crippen molar-refractivity contribution in [2.75, 3.05) is 0 Å². The lowest BCUT2D eigenvalue weighted by molar-refractivity contribution is 0.457. The van der Waals surface area contributed by atoms with Crippen LogP contribution in [0.15, 0.2) is 33.3 Å². The molecule has 0 saturated carbocycles. The van der Waals surface area contributed by atoms with Crippen LogP contribution < -0.4 is 4.74 Å². The molecule has 17 heavy (non-hydrogen) atoms. The first-order chi connectivity index (χ1) is 8.06. The van der Waals surface area contributed by atoms with E-state index in [0.717, 1.165) is 10.0 Å². The Morgan fingerprint density at radius 3 is 2.71 bits per heavy atom. The Morgan fingerprint density at radius 2 is 2.00 bits per heavy atom. The van der Waals surface area contributed by atoms with Crippen molar-refractivity contribution in [2.45, 2.75) is 6.92 Å². The van der Waals surface area contributed by atoms with Gasteiger partial charge < -0.3 is 4.74 Å². The van der Waals surface area contributed by atoms with Gasteiger partial charge in [-0.15, -0.1) is 0 Å². The first-order valence-corrected chi connectivity index (χ1v) is 6.64. The standard InChI is InChI=1S/C11H7Br2ClN2O/c1-6-4-7(2-3-8(6)12)17-10-9(13)5-15-11(14)16-10/h2-5H,1H3. The number of aromatic nitrogens is 2. The van der Waals surface area contributed by atoms with Crippen LogP contribution >= 0.6 is 43.5 Å². The smallest absolute Gasteiger partial charge is 0.237 e. The molecule has 0 saturated heterocycles. The van der Waals surface area contributed by atoms with Crippen molar-refractivity contribution >= 4 is 43.5 Å². The van der Waals surface area contributed by atoms with Gasteiger partial charge in [-0.05, 0) is 58.2 Å². The zero-order chi connectivity index (χ0) is 12.4. The van der Waals surface area contributed by atoms with E-state index in [1.54, 1.807) is 6.20 Å². The molecule has 0 radical (unpaired) electrons. The van der Waals surface area contributed by atoms with Crippen LogP contribution in [0.5, 0.6) is 11.6 Å². The highest BCUT2D eigenvalue weighted by atomic mass is 79.9. The number of halogens is 3. The quantitative estimate of drug-likeness (QED) is 0.707. The van der Waals surface area contributed by atoms with E-state index < -0.39 is 0 Å². The third-order valence-electron chi connectivity index (χ3n) is 2.03. The lowest BCUT2D eigenvalue weighted by Gasteiger charge is -2.07. The molecule has 0 spiro atoms. The molecule has 0 fully saturated rings. The van der Waals surface area contributed by atoms with Crippen LogP contribution in [-0.4, -0.2) is 9.97 Å². The zero-order valence-corrected chi connectivity index (χ0v) is 12.7. The molecular formula is C11H7Br2ClN2O. The van der Waals surface area contributed by atoms with Gasteiger partial charge in [0.25, 0.3) is 0 Å². The maximum absolute atomic E-state index is 5.71. The lowest BCUT2D eigenvalue weighted by atomic mass is 10.2. The highest BCUT2D eigenvalue weighted by Crippen LogP contribution is 2.29. The average Bonchev–Trinajstić information content (AvgIpc) is 2.29. The van der Waals surface area contributed by atoms with Crippen molar-refractivity contribution in [2.24, 2.45) is 0 Å². The minimum absolute atomic E-state index is 0.150. The van der Waals surface area contributed by atoms with Gasteiger partial charge in [0.2, 0.25) is 11.2 Å². The first kappa shape index (κ1) is 12.8. The summed E-state index contributed by atoms with van der Waals surface area (Å²) in [5.74, 6) is 1.09. The molecule has 0 amide bonds. The fourth-order valence-corrected chi connectivity index (χ4v) is 1.84. The number of ether oxygens (including phenoxy) is 1. The maximum atomic E-state index is 5.71. The third-order valence-corrected chi connectivity index (χ3v) is 3.64. The fourth-order valence-electron chi connectivity index (χ4n) is 1.20. The monoisotopic (exact) mass is 376 g/mol. The minimum Gasteiger partial charge on any atom is -0.438 e. The summed E-state index contributed by atoms with van der Waals surface area (Å²) < 4.78 is 7.31. The molecule has 1 aromatic heterocycles. The van der Waals surface area contributed by atoms with E-state index >= 15 is 0 Å². The van der Waals surface area contributed by atoms with Gasteiger partial charge in [0.1, 0.15) is 5.75 Å². The Morgan fingerprint density at radius 1 is 1.24 bits per heavy atom. The number of benzene rings is 1. The van der Waals surface area contributed by atoms with Gasteiger partial charge in [-0.1, -0.05) is 15.9 Å². The molecule has 0 aliphatic heterocycles. The Balaban J connectivity index is 2.31. The molecule has 0 bridgehead atoms. The van der Waals surface area contributed by atoms with E-state index in [9.17, 15) is 0 Å². The largest absolute Gasteiger partial charge is 0.438 e. The van der Waals surface area contributed by atoms with Crippen LogP contribution in [0.1, 0.15) is 5.56 Å². The van der Waals surface area contributed by atoms with E-state index in [2.05, 4.69) is 41.8 Å². The zero-order valence-electron chi connectivity index (χ0n) is 8.75. The molecule has 1 heterocycles. The second-order valence-corrected chi connectivity index (χ2v) is 5.35. The van der Waals surface area contributed by atoms with E-state index in [0.29, 0.717) is 16.1 Å². The molecule has 88 valence electrons. The Hall–Kier alpha value is -0.650. The summed E-state index contributed by atoms with van der Waals surface area (Å²) in [6.07, 6.45) is 1.55. The fraction of sp³-hybridized carbons (Fsp3) is 0.0909. The van der Waals surface area contributed by atoms with Crippen LogP contribution in [0.3, 0.4) is 0 Å². The van der Waals surface area contributed by atoms with Crippen LogP contribution in [0.2, 0.25) is 5.28 Å². The van der Waals surface area contributed by atoms with Crippen LogP contribution in [0.4, 0.5) is 0 Å². The van der Waals surface area contributed by atoms with Crippen LogP contribution in [0.25, 0.3) is 0 Å². The van der Waals surface area contributed by atoms with Gasteiger partial charge in [-0.2, -0.15) is 4.98 Å². The number of aryl methyl sites for hydroxylation is 1. The normalized spacial score (nSPS) is 10.4. The van der Waals surface area contributed by atoms with Gasteiger partial charge in [-0.3, -0.25) is 0 Å². The molecule has 2 aromatic rings. The molecule has 6 heteroatoms. The highest BCUT2D eigenvalue weighted by molar-refractivity contribution is 9.10. The second kappa shape index (κ2) is 5.33. The van der Waals surface area contributed by atoms with Crippen molar-refractivity contribution in [1.29, 1.82) is 0 Å². The van der Waals surface area contributed by atoms with Gasteiger partial charge in [0, 0.05) is 10.7 Å². The number of hydrogen-bond acceptors (Lipinski definition) is 3. The SMILES string of the molecule is Cc1cc(Oc2nc(Cl)ncc2Br)ccc1Br. The van der Waals surface area contributed by atoms with E-state index in [-0.39, 0.29) is 5.28 Å². The third kappa shape index (κ3) is 3.18. The predicted molar refractivity (Wildman–Crippen MR) is 73.7 cm³/mol. The molecule has 0 unspecified atom stereocenters. The first-order valence-electron chi connectivity index (χ1n) is 4.68. The van der Waals surface area contributed by atoms with Crippen molar-refractivity contribution < 1.29 is 4.74 Å². The Labute approximate surface area is 120 Å². The van der Waals surface area contributed by atoms with Crippen molar-refractivity contribution in [3.8, 4) is 11.6 Å². The predicted octanol–water partition coefficient (Wildman–Crippen LogP) is 4.76. The minimum atomic E-state index is 0.150. The summed E-state index contributed by atoms with van der Waals surface area (Å²) in [6.45, 7) is 1.99. The summed E-state index contributed by atoms with van der Waals surface area (Å²) in [4.78, 5) is 7.83. The number of hydrogen-bond donors (Lipinski definition) is 0. The van der Waals surface area contributed by atoms with Crippen LogP contribution in [0, 0.1) is 6.92 Å². The van der Waals surface area contributed by atoms with Gasteiger partial charge in [0.05, 0.1) is 4.47 Å². The van der Waals surface area contributed by atoms with Crippen LogP contribution in [-0.2, 0) is 0 Å². The van der Waals surface area contributed by atoms with Crippen molar-refractivity contribution in [1.82, 2.24) is 9.97 Å². The van der Waals surface area contributed by atoms with Crippen molar-refractivity contribution in [3.05, 3.63) is 44.2 Å². The molecule has 3 nitrogen and oxygen atoms in total. The summed E-state index contributed by atoms with van der Waals surface area (Å²) >= 11 is 12.4. The van der Waals surface area contributed by atoms with E-state index in [4.69, 9.17) is 16.3 Å². The summed E-state index contributed by atoms with van der Waals surface area (Å²) in [6, 6.07) is 5.67. The van der Waals surface area contributed by atoms with Gasteiger partial charge in [-0.25, -0.2) is 4.98 Å². The molecule has 0 N–H and O–H groups in total. The van der Waals surface area contributed by atoms with Gasteiger partial charge in [0.15, 0.2) is 0 Å². The molecular weight excluding hydrogens is 371 g/mol. The summed E-state index contributed by atoms with van der Waals surface area (Å²) in [5.41, 5.74) is 1.08. The highest BCUT2D eigenvalue weighted by Gasteiger charge is 2.07. The lowest BCUT2D eigenvalue weighted by Crippen LogP contribution is -1.92. The number of nitrogens with zero attached hydrogens (tertiary/aromatic N) is 2. The topological polar surface area (TPSA) is 35.0 Å². The van der Waals surface area contributed by atoms with Gasteiger partial charge >= 0.3 is 0 Å². The summed E-state index contributed by atoms with van der Waals surface area (Å²) in [5, 5.41) is 0.150. The van der Waals surface area contributed by atoms with E-state index in [1.807, 2.05) is 25.1 Å². The van der Waals surface area contributed by atoms with E-state index in [1.165, 1.54) is 0 Å². The molecule has 1 aromatic carbocycles. The average molecular weight is 378 g/mol. The summed E-state index contributed by atoms with van der Waals surface area (Å²) in [7, 11) is 0. The Kier molecular flexibility index (Phi) is 4.01. The number of rotatable bonds is 2. The molecule has 0 aliphatic rings. The maximum Gasteiger partial charge on any atom is 0.237 e. The Bertz CT molecular complexity index is 563. The molecule has 0 atom stereocenters.